The van der Waals surface area contributed by atoms with Crippen LogP contribution in [-0.2, 0) is 33.6 Å². The summed E-state index contributed by atoms with van der Waals surface area (Å²) in [6.07, 6.45) is 3.09. The third-order valence-electron chi connectivity index (χ3n) is 6.17. The average Bonchev–Trinajstić information content (AvgIpc) is 3.72. The molecular weight excluding hydrogens is 711 g/mol. The SMILES string of the molecule is CO/N=C(\C(=O)NCC1NC(C(=O)O)=CCS1)c1csc(NC(=O)C2=CCSC(C(NC(=O)/C(=N\OC)c3csc(C)n3)C(=O)O)N2)n1. The predicted molar refractivity (Wildman–Crippen MR) is 180 cm³/mol. The molecule has 2 aliphatic heterocycles. The number of carboxylic acids is 2. The molecule has 48 heavy (non-hydrogen) atoms. The predicted octanol–water partition coefficient (Wildman–Crippen LogP) is 0.111. The fraction of sp³-hybridized carbons (Fsp3) is 0.346. The zero-order valence-corrected chi connectivity index (χ0v) is 28.6. The Morgan fingerprint density at radius 2 is 1.58 bits per heavy atom. The smallest absolute Gasteiger partial charge is 0.351 e. The number of thioether (sulfide) groups is 2. The Labute approximate surface area is 288 Å². The molecule has 0 bridgehead atoms. The van der Waals surface area contributed by atoms with Crippen LogP contribution < -0.4 is 26.6 Å². The van der Waals surface area contributed by atoms with E-state index in [2.05, 4.69) is 46.9 Å². The second kappa shape index (κ2) is 16.9. The number of hydrogen-bond acceptors (Lipinski definition) is 17. The molecule has 0 saturated heterocycles. The summed E-state index contributed by atoms with van der Waals surface area (Å²) in [4.78, 5) is 80.6. The molecule has 4 heterocycles. The second-order valence-corrected chi connectivity index (χ2v) is 13.7. The number of nitrogens with one attached hydrogen (secondary N) is 5. The first-order valence-electron chi connectivity index (χ1n) is 13.6. The molecule has 3 atom stereocenters. The number of thiazole rings is 2. The number of nitrogens with zero attached hydrogens (tertiary/aromatic N) is 4. The van der Waals surface area contributed by atoms with Crippen molar-refractivity contribution in [3.05, 3.63) is 50.7 Å². The molecule has 3 amide bonds. The van der Waals surface area contributed by atoms with E-state index in [0.717, 1.165) is 23.1 Å². The van der Waals surface area contributed by atoms with E-state index in [4.69, 9.17) is 9.68 Å². The van der Waals surface area contributed by atoms with Crippen molar-refractivity contribution in [1.29, 1.82) is 0 Å². The van der Waals surface area contributed by atoms with Gasteiger partial charge in [-0.3, -0.25) is 19.7 Å². The van der Waals surface area contributed by atoms with Crippen LogP contribution in [0.3, 0.4) is 0 Å². The Bertz CT molecular complexity index is 1690. The summed E-state index contributed by atoms with van der Waals surface area (Å²) >= 11 is 4.84. The van der Waals surface area contributed by atoms with Crippen LogP contribution in [0.25, 0.3) is 0 Å². The maximum atomic E-state index is 13.1. The fourth-order valence-corrected chi connectivity index (χ4v) is 7.27. The van der Waals surface area contributed by atoms with E-state index in [1.807, 2.05) is 0 Å². The van der Waals surface area contributed by atoms with E-state index in [9.17, 15) is 34.2 Å². The number of aromatic nitrogens is 2. The highest BCUT2D eigenvalue weighted by Crippen LogP contribution is 2.23. The van der Waals surface area contributed by atoms with Crippen LogP contribution in [0.1, 0.15) is 16.4 Å². The van der Waals surface area contributed by atoms with Crippen molar-refractivity contribution >= 4 is 92.4 Å². The molecule has 22 heteroatoms. The van der Waals surface area contributed by atoms with Gasteiger partial charge in [-0.05, 0) is 19.1 Å². The molecule has 0 aliphatic carbocycles. The number of aliphatic carboxylic acids is 2. The molecule has 0 radical (unpaired) electrons. The van der Waals surface area contributed by atoms with Crippen molar-refractivity contribution in [3.8, 4) is 0 Å². The molecule has 2 aromatic rings. The highest BCUT2D eigenvalue weighted by molar-refractivity contribution is 8.00. The molecule has 0 saturated carbocycles. The summed E-state index contributed by atoms with van der Waals surface area (Å²) in [7, 11) is 2.49. The Balaban J connectivity index is 1.37. The van der Waals surface area contributed by atoms with E-state index in [-0.39, 0.29) is 51.6 Å². The first-order chi connectivity index (χ1) is 23.0. The van der Waals surface area contributed by atoms with Crippen LogP contribution in [0.2, 0.25) is 0 Å². The van der Waals surface area contributed by atoms with Crippen molar-refractivity contribution in [1.82, 2.24) is 31.2 Å². The number of amides is 3. The minimum Gasteiger partial charge on any atom is -0.480 e. The molecule has 4 rings (SSSR count). The summed E-state index contributed by atoms with van der Waals surface area (Å²) in [6.45, 7) is 1.81. The van der Waals surface area contributed by atoms with Crippen LogP contribution in [0.15, 0.2) is 44.6 Å². The van der Waals surface area contributed by atoms with Crippen molar-refractivity contribution in [2.24, 2.45) is 10.3 Å². The highest BCUT2D eigenvalue weighted by Gasteiger charge is 2.35. The third-order valence-corrected chi connectivity index (χ3v) is 9.85. The number of carboxylic acid groups (broad SMARTS) is 2. The molecule has 256 valence electrons. The topological polar surface area (TPSA) is 255 Å². The van der Waals surface area contributed by atoms with Crippen LogP contribution in [0, 0.1) is 6.92 Å². The lowest BCUT2D eigenvalue weighted by Gasteiger charge is -2.29. The summed E-state index contributed by atoms with van der Waals surface area (Å²) in [5, 5.41) is 42.5. The average molecular weight is 740 g/mol. The molecule has 18 nitrogen and oxygen atoms in total. The van der Waals surface area contributed by atoms with Crippen LogP contribution in [0.5, 0.6) is 0 Å². The number of anilines is 1. The van der Waals surface area contributed by atoms with Gasteiger partial charge in [0.2, 0.25) is 0 Å². The molecule has 3 unspecified atom stereocenters. The molecule has 0 fully saturated rings. The van der Waals surface area contributed by atoms with E-state index >= 15 is 0 Å². The Morgan fingerprint density at radius 1 is 0.938 bits per heavy atom. The van der Waals surface area contributed by atoms with Gasteiger partial charge in [0.15, 0.2) is 22.6 Å². The number of oxime groups is 2. The summed E-state index contributed by atoms with van der Waals surface area (Å²) < 4.78 is 0. The Hall–Kier alpha value is -4.67. The standard InChI is InChI=1S/C26H29N9O9S4/c1-11-28-14(9-47-11)18(35-44-3)22(38)32-19(25(41)42)23-30-12(4-7-46-23)20(36)33-26-31-15(10-48-26)17(34-43-2)21(37)27-8-16-29-13(24(39)40)5-6-45-16/h4-5,9-10,16,19,23,29-30H,6-8H2,1-3H3,(H,27,37)(H,32,38)(H,39,40)(H,41,42)(H,31,33,36)/b34-17-,35-18-. The van der Waals surface area contributed by atoms with Gasteiger partial charge < -0.3 is 41.2 Å². The molecule has 2 aromatic heterocycles. The zero-order chi connectivity index (χ0) is 34.8. The van der Waals surface area contributed by atoms with Gasteiger partial charge in [-0.25, -0.2) is 19.6 Å². The Morgan fingerprint density at radius 3 is 2.23 bits per heavy atom. The van der Waals surface area contributed by atoms with E-state index in [0.29, 0.717) is 10.8 Å². The molecule has 2 aliphatic rings. The fourth-order valence-electron chi connectivity index (χ4n) is 4.02. The van der Waals surface area contributed by atoms with Crippen molar-refractivity contribution in [2.75, 3.05) is 37.6 Å². The van der Waals surface area contributed by atoms with Gasteiger partial charge >= 0.3 is 11.9 Å². The molecule has 0 spiro atoms. The van der Waals surface area contributed by atoms with E-state index in [1.165, 1.54) is 48.8 Å². The lowest BCUT2D eigenvalue weighted by Crippen LogP contribution is -2.55. The minimum absolute atomic E-state index is 0.0349. The number of carbonyl (C=O) groups excluding carboxylic acids is 3. The number of aryl methyl sites for hydroxylation is 1. The van der Waals surface area contributed by atoms with Crippen molar-refractivity contribution < 1.29 is 43.9 Å². The largest absolute Gasteiger partial charge is 0.480 e. The summed E-state index contributed by atoms with van der Waals surface area (Å²) in [5.41, 5.74) is 0.00744. The molecule has 7 N–H and O–H groups in total. The zero-order valence-electron chi connectivity index (χ0n) is 25.3. The van der Waals surface area contributed by atoms with Crippen LogP contribution >= 0.6 is 46.2 Å². The van der Waals surface area contributed by atoms with Gasteiger partial charge in [0.25, 0.3) is 17.7 Å². The van der Waals surface area contributed by atoms with Gasteiger partial charge in [-0.15, -0.1) is 46.2 Å². The minimum atomic E-state index is -1.48. The van der Waals surface area contributed by atoms with Crippen LogP contribution in [-0.4, -0.2) is 110 Å². The first kappa shape index (κ1) is 36.2. The maximum absolute atomic E-state index is 13.1. The summed E-state index contributed by atoms with van der Waals surface area (Å²) in [6, 6.07) is -1.48. The second-order valence-electron chi connectivity index (χ2n) is 9.39. The molecule has 0 aromatic carbocycles. The van der Waals surface area contributed by atoms with Gasteiger partial charge in [0.05, 0.1) is 16.1 Å². The Kier molecular flexibility index (Phi) is 12.8. The summed E-state index contributed by atoms with van der Waals surface area (Å²) in [5.74, 6) is -3.88. The van der Waals surface area contributed by atoms with Crippen molar-refractivity contribution in [3.63, 3.8) is 0 Å². The molecular formula is C26H29N9O9S4. The quantitative estimate of drug-likeness (QED) is 0.100. The van der Waals surface area contributed by atoms with Crippen molar-refractivity contribution in [2.45, 2.75) is 23.7 Å². The van der Waals surface area contributed by atoms with E-state index < -0.39 is 46.4 Å². The lowest BCUT2D eigenvalue weighted by atomic mass is 10.2. The van der Waals surface area contributed by atoms with Gasteiger partial charge in [0.1, 0.15) is 36.7 Å². The number of rotatable bonds is 14. The van der Waals surface area contributed by atoms with Gasteiger partial charge in [0, 0.05) is 28.8 Å². The van der Waals surface area contributed by atoms with Crippen LogP contribution in [0.4, 0.5) is 5.13 Å². The normalized spacial score (nSPS) is 18.6. The van der Waals surface area contributed by atoms with Gasteiger partial charge in [-0.1, -0.05) is 10.3 Å². The maximum Gasteiger partial charge on any atom is 0.351 e. The number of hydrogen-bond donors (Lipinski definition) is 7. The monoisotopic (exact) mass is 739 g/mol. The highest BCUT2D eigenvalue weighted by atomic mass is 32.2. The third kappa shape index (κ3) is 9.45. The first-order valence-corrected chi connectivity index (χ1v) is 17.5. The van der Waals surface area contributed by atoms with Gasteiger partial charge in [-0.2, -0.15) is 0 Å². The lowest BCUT2D eigenvalue weighted by molar-refractivity contribution is -0.141. The van der Waals surface area contributed by atoms with E-state index in [1.54, 1.807) is 18.4 Å². The number of carbonyl (C=O) groups is 5.